The Kier molecular flexibility index (Phi) is 4.82. The van der Waals surface area contributed by atoms with E-state index in [1.165, 1.54) is 41.1 Å². The Hall–Kier alpha value is -2.96. The molecule has 0 atom stereocenters. The highest BCUT2D eigenvalue weighted by Gasteiger charge is 2.35. The second-order valence-electron chi connectivity index (χ2n) is 5.72. The lowest BCUT2D eigenvalue weighted by atomic mass is 10.0. The fourth-order valence-electron chi connectivity index (χ4n) is 2.36. The van der Waals surface area contributed by atoms with Gasteiger partial charge in [-0.05, 0) is 18.2 Å². The number of benzene rings is 1. The van der Waals surface area contributed by atoms with E-state index >= 15 is 0 Å². The van der Waals surface area contributed by atoms with Gasteiger partial charge in [-0.1, -0.05) is 6.08 Å². The fourth-order valence-corrected chi connectivity index (χ4v) is 2.36. The van der Waals surface area contributed by atoms with Crippen molar-refractivity contribution < 1.29 is 19.2 Å². The fraction of sp³-hybridized carbons (Fsp3) is 0.294. The van der Waals surface area contributed by atoms with Gasteiger partial charge in [-0.2, -0.15) is 0 Å². The summed E-state index contributed by atoms with van der Waals surface area (Å²) in [7, 11) is 4.72. The Labute approximate surface area is 140 Å². The summed E-state index contributed by atoms with van der Waals surface area (Å²) in [5.74, 6) is -1.45. The van der Waals surface area contributed by atoms with Crippen molar-refractivity contribution in [1.29, 1.82) is 0 Å². The smallest absolute Gasteiger partial charge is 0.261 e. The molecular weight excluding hydrogens is 310 g/mol. The second kappa shape index (κ2) is 6.66. The molecule has 0 spiro atoms. The van der Waals surface area contributed by atoms with Crippen molar-refractivity contribution in [2.24, 2.45) is 0 Å². The standard InChI is InChI=1S/C17H19N3O4/c1-5-8-20-16(23)12-7-6-11(9-13(12)17(20)24)15(22)19(4)10-14(21)18(2)3/h5-7,9H,1,8,10H2,2-4H3. The van der Waals surface area contributed by atoms with Crippen LogP contribution >= 0.6 is 0 Å². The lowest BCUT2D eigenvalue weighted by molar-refractivity contribution is -0.129. The van der Waals surface area contributed by atoms with Gasteiger partial charge in [-0.25, -0.2) is 0 Å². The first-order chi connectivity index (χ1) is 11.3. The Morgan fingerprint density at radius 3 is 2.33 bits per heavy atom. The summed E-state index contributed by atoms with van der Waals surface area (Å²) in [5.41, 5.74) is 0.717. The number of amides is 4. The third-order valence-corrected chi connectivity index (χ3v) is 3.75. The van der Waals surface area contributed by atoms with E-state index in [9.17, 15) is 19.2 Å². The summed E-state index contributed by atoms with van der Waals surface area (Å²) < 4.78 is 0. The predicted molar refractivity (Wildman–Crippen MR) is 87.7 cm³/mol. The average Bonchev–Trinajstić information content (AvgIpc) is 2.78. The van der Waals surface area contributed by atoms with E-state index in [-0.39, 0.29) is 35.7 Å². The maximum Gasteiger partial charge on any atom is 0.261 e. The minimum atomic E-state index is -0.448. The van der Waals surface area contributed by atoms with Crippen LogP contribution in [0.4, 0.5) is 0 Å². The van der Waals surface area contributed by atoms with Gasteiger partial charge in [0.05, 0.1) is 17.7 Å². The molecule has 1 aliphatic rings. The summed E-state index contributed by atoms with van der Waals surface area (Å²) in [5, 5.41) is 0. The summed E-state index contributed by atoms with van der Waals surface area (Å²) >= 11 is 0. The highest BCUT2D eigenvalue weighted by Crippen LogP contribution is 2.24. The highest BCUT2D eigenvalue weighted by molar-refractivity contribution is 6.22. The molecule has 0 saturated heterocycles. The van der Waals surface area contributed by atoms with Gasteiger partial charge in [-0.3, -0.25) is 24.1 Å². The van der Waals surface area contributed by atoms with Crippen molar-refractivity contribution in [3.8, 4) is 0 Å². The third kappa shape index (κ3) is 3.05. The minimum absolute atomic E-state index is 0.0710. The van der Waals surface area contributed by atoms with E-state index in [0.29, 0.717) is 0 Å². The number of fused-ring (bicyclic) bond motifs is 1. The van der Waals surface area contributed by atoms with Crippen LogP contribution < -0.4 is 0 Å². The zero-order valence-corrected chi connectivity index (χ0v) is 13.9. The van der Waals surface area contributed by atoms with Crippen LogP contribution in [0.2, 0.25) is 0 Å². The van der Waals surface area contributed by atoms with Crippen LogP contribution in [0.15, 0.2) is 30.9 Å². The van der Waals surface area contributed by atoms with Crippen LogP contribution in [-0.2, 0) is 4.79 Å². The van der Waals surface area contributed by atoms with E-state index < -0.39 is 17.7 Å². The predicted octanol–water partition coefficient (Wildman–Crippen LogP) is 0.629. The largest absolute Gasteiger partial charge is 0.347 e. The number of hydrogen-bond donors (Lipinski definition) is 0. The van der Waals surface area contributed by atoms with Gasteiger partial charge in [0.25, 0.3) is 17.7 Å². The first-order valence-electron chi connectivity index (χ1n) is 7.34. The summed E-state index contributed by atoms with van der Waals surface area (Å²) in [4.78, 5) is 52.3. The molecule has 7 nitrogen and oxygen atoms in total. The van der Waals surface area contributed by atoms with Gasteiger partial charge >= 0.3 is 0 Å². The van der Waals surface area contributed by atoms with E-state index in [0.717, 1.165) is 4.90 Å². The van der Waals surface area contributed by atoms with E-state index in [2.05, 4.69) is 6.58 Å². The molecule has 7 heteroatoms. The van der Waals surface area contributed by atoms with Gasteiger partial charge in [0.1, 0.15) is 0 Å². The SMILES string of the molecule is C=CCN1C(=O)c2ccc(C(=O)N(C)CC(=O)N(C)C)cc2C1=O. The average molecular weight is 329 g/mol. The van der Waals surface area contributed by atoms with Gasteiger partial charge in [0.15, 0.2) is 0 Å². The number of imide groups is 1. The van der Waals surface area contributed by atoms with E-state index in [4.69, 9.17) is 0 Å². The molecule has 0 bridgehead atoms. The first kappa shape index (κ1) is 17.4. The molecule has 126 valence electrons. The molecule has 1 aliphatic heterocycles. The Bertz CT molecular complexity index is 739. The zero-order chi connectivity index (χ0) is 18.0. The van der Waals surface area contributed by atoms with Crippen molar-refractivity contribution >= 4 is 23.6 Å². The molecule has 24 heavy (non-hydrogen) atoms. The van der Waals surface area contributed by atoms with Gasteiger partial charge in [0.2, 0.25) is 5.91 Å². The molecular formula is C17H19N3O4. The Morgan fingerprint density at radius 1 is 1.12 bits per heavy atom. The number of carbonyl (C=O) groups excluding carboxylic acids is 4. The van der Waals surface area contributed by atoms with Gasteiger partial charge < -0.3 is 9.80 Å². The van der Waals surface area contributed by atoms with Crippen molar-refractivity contribution in [1.82, 2.24) is 14.7 Å². The van der Waals surface area contributed by atoms with Crippen molar-refractivity contribution in [2.75, 3.05) is 34.2 Å². The molecule has 0 aromatic heterocycles. The molecule has 1 aromatic carbocycles. The second-order valence-corrected chi connectivity index (χ2v) is 5.72. The molecule has 0 N–H and O–H groups in total. The minimum Gasteiger partial charge on any atom is -0.347 e. The maximum atomic E-state index is 12.4. The topological polar surface area (TPSA) is 78.0 Å². The molecule has 2 rings (SSSR count). The summed E-state index contributed by atoms with van der Waals surface area (Å²) in [6.45, 7) is 3.57. The number of carbonyl (C=O) groups is 4. The maximum absolute atomic E-state index is 12.4. The molecule has 0 radical (unpaired) electrons. The number of rotatable bonds is 5. The molecule has 0 fully saturated rings. The van der Waals surface area contributed by atoms with Crippen LogP contribution in [0.3, 0.4) is 0 Å². The number of hydrogen-bond acceptors (Lipinski definition) is 4. The zero-order valence-electron chi connectivity index (χ0n) is 13.9. The highest BCUT2D eigenvalue weighted by atomic mass is 16.2. The molecule has 0 aliphatic carbocycles. The van der Waals surface area contributed by atoms with Crippen LogP contribution in [-0.4, -0.2) is 72.6 Å². The van der Waals surface area contributed by atoms with E-state index in [1.54, 1.807) is 14.1 Å². The van der Waals surface area contributed by atoms with Crippen LogP contribution in [0.25, 0.3) is 0 Å². The molecule has 0 unspecified atom stereocenters. The molecule has 1 aromatic rings. The summed E-state index contributed by atoms with van der Waals surface area (Å²) in [6, 6.07) is 4.35. The molecule has 0 saturated carbocycles. The lowest BCUT2D eigenvalue weighted by Crippen LogP contribution is -2.37. The summed E-state index contributed by atoms with van der Waals surface area (Å²) in [6.07, 6.45) is 1.47. The van der Waals surface area contributed by atoms with E-state index in [1.807, 2.05) is 0 Å². The number of nitrogens with zero attached hydrogens (tertiary/aromatic N) is 3. The normalized spacial score (nSPS) is 12.9. The van der Waals surface area contributed by atoms with Crippen molar-refractivity contribution in [3.05, 3.63) is 47.5 Å². The van der Waals surface area contributed by atoms with Gasteiger partial charge in [0, 0.05) is 33.3 Å². The van der Waals surface area contributed by atoms with Crippen molar-refractivity contribution in [2.45, 2.75) is 0 Å². The third-order valence-electron chi connectivity index (χ3n) is 3.75. The van der Waals surface area contributed by atoms with Gasteiger partial charge in [-0.15, -0.1) is 6.58 Å². The Balaban J connectivity index is 2.25. The molecule has 1 heterocycles. The van der Waals surface area contributed by atoms with Crippen LogP contribution in [0.5, 0.6) is 0 Å². The Morgan fingerprint density at radius 2 is 1.75 bits per heavy atom. The lowest BCUT2D eigenvalue weighted by Gasteiger charge is -2.19. The van der Waals surface area contributed by atoms with Crippen LogP contribution in [0, 0.1) is 0 Å². The monoisotopic (exact) mass is 329 g/mol. The quantitative estimate of drug-likeness (QED) is 0.586. The van der Waals surface area contributed by atoms with Crippen LogP contribution in [0.1, 0.15) is 31.1 Å². The van der Waals surface area contributed by atoms with Crippen molar-refractivity contribution in [3.63, 3.8) is 0 Å². The molecule has 4 amide bonds. The number of likely N-dealkylation sites (N-methyl/N-ethyl adjacent to an activating group) is 2. The first-order valence-corrected chi connectivity index (χ1v) is 7.34.